The van der Waals surface area contributed by atoms with Crippen molar-refractivity contribution in [2.45, 2.75) is 33.6 Å². The van der Waals surface area contributed by atoms with Gasteiger partial charge >= 0.3 is 11.9 Å². The van der Waals surface area contributed by atoms with E-state index in [9.17, 15) is 9.59 Å². The molecular weight excluding hydrogens is 546 g/mol. The molecule has 9 nitrogen and oxygen atoms in total. The van der Waals surface area contributed by atoms with E-state index in [1.165, 1.54) is 5.69 Å². The highest BCUT2D eigenvalue weighted by Crippen LogP contribution is 2.45. The highest BCUT2D eigenvalue weighted by molar-refractivity contribution is 6.00. The van der Waals surface area contributed by atoms with Crippen LogP contribution in [0.3, 0.4) is 0 Å². The van der Waals surface area contributed by atoms with Gasteiger partial charge in [-0.15, -0.1) is 0 Å². The van der Waals surface area contributed by atoms with E-state index in [-0.39, 0.29) is 19.8 Å². The molecule has 2 aliphatic heterocycles. The number of hydrogen-bond donors (Lipinski definition) is 1. The van der Waals surface area contributed by atoms with Gasteiger partial charge in [0.25, 0.3) is 0 Å². The topological polar surface area (TPSA) is 89.6 Å². The Morgan fingerprint density at radius 2 is 1.49 bits per heavy atom. The maximum absolute atomic E-state index is 13.2. The van der Waals surface area contributed by atoms with E-state index in [1.54, 1.807) is 46.9 Å². The monoisotopic (exact) mass is 587 g/mol. The number of methoxy groups -OCH3 is 1. The predicted molar refractivity (Wildman–Crippen MR) is 166 cm³/mol. The number of nitrogens with one attached hydrogen (secondary N) is 1. The Bertz CT molecular complexity index is 1370. The smallest absolute Gasteiger partial charge is 0.336 e. The maximum atomic E-state index is 13.2. The van der Waals surface area contributed by atoms with Crippen molar-refractivity contribution < 1.29 is 28.5 Å². The first-order chi connectivity index (χ1) is 20.9. The minimum atomic E-state index is -0.793. The lowest BCUT2D eigenvalue weighted by Crippen LogP contribution is -2.46. The van der Waals surface area contributed by atoms with Crippen LogP contribution in [0.4, 0.5) is 5.69 Å². The number of rotatable bonds is 10. The Hall–Kier alpha value is -4.42. The Morgan fingerprint density at radius 3 is 2.07 bits per heavy atom. The fourth-order valence-corrected chi connectivity index (χ4v) is 5.47. The van der Waals surface area contributed by atoms with Gasteiger partial charge in [0.15, 0.2) is 11.5 Å². The molecule has 1 saturated heterocycles. The number of carbonyl (C=O) groups excluding carboxylic acids is 2. The third-order valence-corrected chi connectivity index (χ3v) is 7.50. The molecule has 2 aromatic carbocycles. The van der Waals surface area contributed by atoms with Crippen LogP contribution < -0.4 is 19.7 Å². The van der Waals surface area contributed by atoms with Crippen molar-refractivity contribution in [2.75, 3.05) is 64.6 Å². The van der Waals surface area contributed by atoms with Gasteiger partial charge in [0.2, 0.25) is 0 Å². The van der Waals surface area contributed by atoms with E-state index < -0.39 is 17.9 Å². The molecule has 1 N–H and O–H groups in total. The van der Waals surface area contributed by atoms with Crippen LogP contribution in [0.15, 0.2) is 71.1 Å². The van der Waals surface area contributed by atoms with Gasteiger partial charge in [0.05, 0.1) is 43.9 Å². The molecule has 1 fully saturated rings. The Morgan fingerprint density at radius 1 is 0.860 bits per heavy atom. The molecule has 2 aliphatic rings. The van der Waals surface area contributed by atoms with Crippen molar-refractivity contribution in [1.82, 2.24) is 10.2 Å². The zero-order chi connectivity index (χ0) is 30.8. The molecular formula is C34H41N3O6. The summed E-state index contributed by atoms with van der Waals surface area (Å²) < 4.78 is 22.7. The average Bonchev–Trinajstić information content (AvgIpc) is 3.01. The van der Waals surface area contributed by atoms with Crippen molar-refractivity contribution in [1.29, 1.82) is 0 Å². The van der Waals surface area contributed by atoms with Gasteiger partial charge in [-0.2, -0.15) is 0 Å². The van der Waals surface area contributed by atoms with Gasteiger partial charge in [-0.25, -0.2) is 9.59 Å². The number of piperazine rings is 1. The Kier molecular flexibility index (Phi) is 11.1. The Labute approximate surface area is 254 Å². The van der Waals surface area contributed by atoms with Gasteiger partial charge in [-0.05, 0) is 45.9 Å². The molecule has 228 valence electrons. The van der Waals surface area contributed by atoms with Crippen LogP contribution in [0, 0.1) is 11.8 Å². The molecule has 2 aromatic rings. The van der Waals surface area contributed by atoms with Crippen LogP contribution in [0.25, 0.3) is 0 Å². The molecule has 0 unspecified atom stereocenters. The number of ether oxygens (including phenoxy) is 4. The van der Waals surface area contributed by atoms with E-state index in [4.69, 9.17) is 18.9 Å². The molecule has 0 bridgehead atoms. The number of dihydropyridines is 1. The number of hydrogen-bond acceptors (Lipinski definition) is 9. The number of esters is 2. The van der Waals surface area contributed by atoms with Crippen LogP contribution in [-0.4, -0.2) is 76.5 Å². The van der Waals surface area contributed by atoms with E-state index in [0.29, 0.717) is 46.1 Å². The van der Waals surface area contributed by atoms with Crippen LogP contribution in [0.5, 0.6) is 11.5 Å². The highest BCUT2D eigenvalue weighted by atomic mass is 16.5. The third kappa shape index (κ3) is 7.51. The summed E-state index contributed by atoms with van der Waals surface area (Å²) in [7, 11) is 1.55. The van der Waals surface area contributed by atoms with Gasteiger partial charge < -0.3 is 29.2 Å². The van der Waals surface area contributed by atoms with Gasteiger partial charge in [0, 0.05) is 48.8 Å². The predicted octanol–water partition coefficient (Wildman–Crippen LogP) is 4.26. The van der Waals surface area contributed by atoms with E-state index in [0.717, 1.165) is 26.2 Å². The zero-order valence-electron chi connectivity index (χ0n) is 25.7. The number of anilines is 1. The molecule has 0 amide bonds. The first-order valence-corrected chi connectivity index (χ1v) is 14.7. The number of allylic oxidation sites excluding steroid dienone is 2. The summed E-state index contributed by atoms with van der Waals surface area (Å²) in [6, 6.07) is 15.9. The molecule has 0 saturated carbocycles. The van der Waals surface area contributed by atoms with Crippen molar-refractivity contribution in [3.8, 4) is 23.3 Å². The second kappa shape index (κ2) is 15.2. The second-order valence-electron chi connectivity index (χ2n) is 10.2. The third-order valence-electron chi connectivity index (χ3n) is 7.50. The first kappa shape index (κ1) is 31.5. The van der Waals surface area contributed by atoms with Gasteiger partial charge in [-0.3, -0.25) is 4.90 Å². The number of nitrogens with zero attached hydrogens (tertiary/aromatic N) is 2. The lowest BCUT2D eigenvalue weighted by atomic mass is 9.80. The van der Waals surface area contributed by atoms with Crippen LogP contribution in [-0.2, 0) is 19.1 Å². The summed E-state index contributed by atoms with van der Waals surface area (Å²) in [6.07, 6.45) is 0. The quantitative estimate of drug-likeness (QED) is 0.324. The molecule has 0 aliphatic carbocycles. The van der Waals surface area contributed by atoms with Crippen molar-refractivity contribution >= 4 is 17.6 Å². The van der Waals surface area contributed by atoms with Gasteiger partial charge in [-0.1, -0.05) is 42.2 Å². The van der Waals surface area contributed by atoms with E-state index in [1.807, 2.05) is 12.1 Å². The van der Waals surface area contributed by atoms with Crippen molar-refractivity contribution in [2.24, 2.45) is 0 Å². The minimum Gasteiger partial charge on any atom is -0.493 e. The van der Waals surface area contributed by atoms with Gasteiger partial charge in [0.1, 0.15) is 6.61 Å². The lowest BCUT2D eigenvalue weighted by molar-refractivity contribution is -0.139. The SMILES string of the molecule is CCOC(=O)C1=C(C)NC(C)=C(C(=O)OCC)C1c1cccc(OC)c1OCC#CCN1CCN(c2ccccc2)CC1. The summed E-state index contributed by atoms with van der Waals surface area (Å²) in [4.78, 5) is 31.2. The number of benzene rings is 2. The summed E-state index contributed by atoms with van der Waals surface area (Å²) in [5.41, 5.74) is 3.65. The fraction of sp³-hybridized carbons (Fsp3) is 0.412. The summed E-state index contributed by atoms with van der Waals surface area (Å²) in [5.74, 6) is 5.41. The highest BCUT2D eigenvalue weighted by Gasteiger charge is 2.40. The molecule has 9 heteroatoms. The van der Waals surface area contributed by atoms with Crippen molar-refractivity contribution in [3.63, 3.8) is 0 Å². The van der Waals surface area contributed by atoms with Crippen molar-refractivity contribution in [3.05, 3.63) is 76.6 Å². The summed E-state index contributed by atoms with van der Waals surface area (Å²) >= 11 is 0. The maximum Gasteiger partial charge on any atom is 0.336 e. The average molecular weight is 588 g/mol. The minimum absolute atomic E-state index is 0.108. The molecule has 0 atom stereocenters. The Balaban J connectivity index is 1.54. The molecule has 43 heavy (non-hydrogen) atoms. The normalized spacial score (nSPS) is 15.8. The lowest BCUT2D eigenvalue weighted by Gasteiger charge is -2.35. The van der Waals surface area contributed by atoms with Crippen LogP contribution in [0.1, 0.15) is 39.2 Å². The number of para-hydroxylation sites is 2. The summed E-state index contributed by atoms with van der Waals surface area (Å²) in [5, 5.41) is 3.16. The molecule has 4 rings (SSSR count). The summed E-state index contributed by atoms with van der Waals surface area (Å²) in [6.45, 7) is 12.0. The fourth-order valence-electron chi connectivity index (χ4n) is 5.47. The molecule has 0 radical (unpaired) electrons. The standard InChI is InChI=1S/C34H41N3O6/c1-6-41-33(38)29-24(3)35-25(4)30(34(39)42-7-2)31(29)27-16-13-17-28(40-5)32(27)43-23-12-11-18-36-19-21-37(22-20-36)26-14-9-8-10-15-26/h8-10,13-17,31,35H,6-7,18-23H2,1-5H3. The van der Waals surface area contributed by atoms with E-state index in [2.05, 4.69) is 51.2 Å². The van der Waals surface area contributed by atoms with E-state index >= 15 is 0 Å². The first-order valence-electron chi connectivity index (χ1n) is 14.7. The van der Waals surface area contributed by atoms with Crippen LogP contribution in [0.2, 0.25) is 0 Å². The molecule has 2 heterocycles. The largest absolute Gasteiger partial charge is 0.493 e. The molecule has 0 spiro atoms. The molecule has 0 aromatic heterocycles. The van der Waals surface area contributed by atoms with Crippen LogP contribution >= 0.6 is 0 Å². The second-order valence-corrected chi connectivity index (χ2v) is 10.2. The number of carbonyl (C=O) groups is 2. The zero-order valence-corrected chi connectivity index (χ0v) is 25.7.